The Bertz CT molecular complexity index is 504. The summed E-state index contributed by atoms with van der Waals surface area (Å²) in [5.41, 5.74) is 2.00. The number of halogens is 1. The molecule has 0 aliphatic carbocycles. The van der Waals surface area contributed by atoms with Crippen LogP contribution in [-0.2, 0) is 22.6 Å². The third-order valence-electron chi connectivity index (χ3n) is 2.84. The number of aromatic nitrogens is 3. The van der Waals surface area contributed by atoms with Gasteiger partial charge in [0, 0.05) is 7.11 Å². The fraction of sp³-hybridized carbons (Fsp3) is 0.429. The van der Waals surface area contributed by atoms with Gasteiger partial charge in [-0.25, -0.2) is 4.68 Å². The number of alkyl halides is 1. The number of ether oxygens (including phenoxy) is 2. The van der Waals surface area contributed by atoms with Crippen LogP contribution in [0.25, 0.3) is 0 Å². The van der Waals surface area contributed by atoms with Gasteiger partial charge in [0.25, 0.3) is 0 Å². The molecule has 0 fully saturated rings. The molecule has 1 atom stereocenters. The molecule has 0 N–H and O–H groups in total. The molecule has 108 valence electrons. The van der Waals surface area contributed by atoms with Crippen molar-refractivity contribution in [3.63, 3.8) is 0 Å². The highest BCUT2D eigenvalue weighted by molar-refractivity contribution is 6.20. The standard InChI is InChI=1S/C14H18ClN3O2/c1-19-11-13(15)14-9-16-17-18(14)7-8-20-10-12-5-3-2-4-6-12/h2-6,9,13H,7-8,10-11H2,1H3. The van der Waals surface area contributed by atoms with Crippen molar-refractivity contribution < 1.29 is 9.47 Å². The summed E-state index contributed by atoms with van der Waals surface area (Å²) in [4.78, 5) is 0. The lowest BCUT2D eigenvalue weighted by molar-refractivity contribution is 0.109. The van der Waals surface area contributed by atoms with Crippen molar-refractivity contribution in [2.24, 2.45) is 0 Å². The molecule has 0 bridgehead atoms. The number of rotatable bonds is 8. The lowest BCUT2D eigenvalue weighted by atomic mass is 10.2. The van der Waals surface area contributed by atoms with Crippen LogP contribution in [0.3, 0.4) is 0 Å². The molecule has 1 heterocycles. The summed E-state index contributed by atoms with van der Waals surface area (Å²) in [6.45, 7) is 2.20. The van der Waals surface area contributed by atoms with E-state index in [0.717, 1.165) is 11.3 Å². The van der Waals surface area contributed by atoms with Crippen LogP contribution >= 0.6 is 11.6 Å². The molecule has 6 heteroatoms. The average Bonchev–Trinajstić information content (AvgIpc) is 2.93. The molecular weight excluding hydrogens is 278 g/mol. The summed E-state index contributed by atoms with van der Waals surface area (Å²) in [5, 5.41) is 7.64. The monoisotopic (exact) mass is 295 g/mol. The second kappa shape index (κ2) is 7.99. The molecule has 0 aliphatic rings. The molecule has 0 saturated heterocycles. The van der Waals surface area contributed by atoms with Crippen LogP contribution in [0.4, 0.5) is 0 Å². The van der Waals surface area contributed by atoms with Gasteiger partial charge in [-0.2, -0.15) is 0 Å². The predicted octanol–water partition coefficient (Wildman–Crippen LogP) is 2.42. The van der Waals surface area contributed by atoms with Crippen LogP contribution < -0.4 is 0 Å². The fourth-order valence-electron chi connectivity index (χ4n) is 1.83. The molecule has 2 rings (SSSR count). The highest BCUT2D eigenvalue weighted by Gasteiger charge is 2.13. The molecule has 0 radical (unpaired) electrons. The summed E-state index contributed by atoms with van der Waals surface area (Å²) in [6, 6.07) is 10.1. The quantitative estimate of drug-likeness (QED) is 0.554. The summed E-state index contributed by atoms with van der Waals surface area (Å²) in [6.07, 6.45) is 1.66. The van der Waals surface area contributed by atoms with E-state index >= 15 is 0 Å². The topological polar surface area (TPSA) is 49.2 Å². The Morgan fingerprint density at radius 2 is 2.10 bits per heavy atom. The maximum absolute atomic E-state index is 6.19. The van der Waals surface area contributed by atoms with Crippen LogP contribution in [0, 0.1) is 0 Å². The Kier molecular flexibility index (Phi) is 5.98. The lowest BCUT2D eigenvalue weighted by Crippen LogP contribution is -2.13. The van der Waals surface area contributed by atoms with Crippen molar-refractivity contribution in [1.82, 2.24) is 15.0 Å². The molecule has 0 aliphatic heterocycles. The van der Waals surface area contributed by atoms with Crippen molar-refractivity contribution in [3.8, 4) is 0 Å². The van der Waals surface area contributed by atoms with Gasteiger partial charge in [-0.3, -0.25) is 0 Å². The zero-order chi connectivity index (χ0) is 14.2. The number of nitrogens with zero attached hydrogens (tertiary/aromatic N) is 3. The molecule has 1 aromatic carbocycles. The Morgan fingerprint density at radius 3 is 2.85 bits per heavy atom. The van der Waals surface area contributed by atoms with Gasteiger partial charge >= 0.3 is 0 Å². The number of methoxy groups -OCH3 is 1. The molecule has 20 heavy (non-hydrogen) atoms. The van der Waals surface area contributed by atoms with E-state index in [1.165, 1.54) is 0 Å². The second-order valence-electron chi connectivity index (χ2n) is 4.34. The van der Waals surface area contributed by atoms with E-state index in [1.807, 2.05) is 30.3 Å². The first-order valence-electron chi connectivity index (χ1n) is 6.44. The van der Waals surface area contributed by atoms with E-state index in [-0.39, 0.29) is 5.38 Å². The molecule has 0 amide bonds. The molecule has 5 nitrogen and oxygen atoms in total. The van der Waals surface area contributed by atoms with E-state index in [4.69, 9.17) is 21.1 Å². The second-order valence-corrected chi connectivity index (χ2v) is 4.87. The molecule has 0 saturated carbocycles. The van der Waals surface area contributed by atoms with Crippen molar-refractivity contribution in [1.29, 1.82) is 0 Å². The average molecular weight is 296 g/mol. The van der Waals surface area contributed by atoms with Crippen molar-refractivity contribution in [3.05, 3.63) is 47.8 Å². The third-order valence-corrected chi connectivity index (χ3v) is 3.19. The molecule has 2 aromatic rings. The van der Waals surface area contributed by atoms with Crippen molar-refractivity contribution in [2.45, 2.75) is 18.5 Å². The van der Waals surface area contributed by atoms with Gasteiger partial charge in [-0.05, 0) is 5.56 Å². The van der Waals surface area contributed by atoms with Crippen LogP contribution in [0.1, 0.15) is 16.6 Å². The largest absolute Gasteiger partial charge is 0.383 e. The maximum Gasteiger partial charge on any atom is 0.100 e. The third kappa shape index (κ3) is 4.30. The Labute approximate surface area is 123 Å². The molecule has 0 spiro atoms. The molecular formula is C14H18ClN3O2. The number of hydrogen-bond donors (Lipinski definition) is 0. The minimum atomic E-state index is -0.246. The van der Waals surface area contributed by atoms with Gasteiger partial charge in [0.15, 0.2) is 0 Å². The van der Waals surface area contributed by atoms with Crippen molar-refractivity contribution in [2.75, 3.05) is 20.3 Å². The van der Waals surface area contributed by atoms with Crippen LogP contribution in [-0.4, -0.2) is 35.3 Å². The summed E-state index contributed by atoms with van der Waals surface area (Å²) in [5.74, 6) is 0. The minimum absolute atomic E-state index is 0.246. The van der Waals surface area contributed by atoms with E-state index in [0.29, 0.717) is 26.4 Å². The first-order chi connectivity index (χ1) is 9.81. The van der Waals surface area contributed by atoms with Crippen molar-refractivity contribution >= 4 is 11.6 Å². The predicted molar refractivity (Wildman–Crippen MR) is 76.6 cm³/mol. The van der Waals surface area contributed by atoms with E-state index in [2.05, 4.69) is 10.3 Å². The minimum Gasteiger partial charge on any atom is -0.383 e. The highest BCUT2D eigenvalue weighted by atomic mass is 35.5. The summed E-state index contributed by atoms with van der Waals surface area (Å²) >= 11 is 6.19. The number of benzene rings is 1. The van der Waals surface area contributed by atoms with E-state index in [9.17, 15) is 0 Å². The van der Waals surface area contributed by atoms with Gasteiger partial charge in [0.2, 0.25) is 0 Å². The first kappa shape index (κ1) is 15.0. The zero-order valence-corrected chi connectivity index (χ0v) is 12.2. The van der Waals surface area contributed by atoms with Gasteiger partial charge in [-0.1, -0.05) is 35.5 Å². The molecule has 1 unspecified atom stereocenters. The molecule has 1 aromatic heterocycles. The maximum atomic E-state index is 6.19. The smallest absolute Gasteiger partial charge is 0.100 e. The summed E-state index contributed by atoms with van der Waals surface area (Å²) in [7, 11) is 1.62. The lowest BCUT2D eigenvalue weighted by Gasteiger charge is -2.11. The van der Waals surface area contributed by atoms with Crippen LogP contribution in [0.5, 0.6) is 0 Å². The van der Waals surface area contributed by atoms with Crippen LogP contribution in [0.2, 0.25) is 0 Å². The highest BCUT2D eigenvalue weighted by Crippen LogP contribution is 2.19. The fourth-order valence-corrected chi connectivity index (χ4v) is 2.12. The normalized spacial score (nSPS) is 12.5. The van der Waals surface area contributed by atoms with E-state index < -0.39 is 0 Å². The summed E-state index contributed by atoms with van der Waals surface area (Å²) < 4.78 is 12.4. The zero-order valence-electron chi connectivity index (χ0n) is 11.4. The van der Waals surface area contributed by atoms with Gasteiger partial charge < -0.3 is 9.47 Å². The Morgan fingerprint density at radius 1 is 1.30 bits per heavy atom. The van der Waals surface area contributed by atoms with Gasteiger partial charge in [0.05, 0.1) is 38.3 Å². The van der Waals surface area contributed by atoms with Gasteiger partial charge in [-0.15, -0.1) is 16.7 Å². The number of hydrogen-bond acceptors (Lipinski definition) is 4. The Balaban J connectivity index is 1.78. The first-order valence-corrected chi connectivity index (χ1v) is 6.88. The Hall–Kier alpha value is -1.43. The van der Waals surface area contributed by atoms with Gasteiger partial charge in [0.1, 0.15) is 5.38 Å². The SMILES string of the molecule is COCC(Cl)c1cnnn1CCOCc1ccccc1. The van der Waals surface area contributed by atoms with E-state index in [1.54, 1.807) is 18.0 Å². The van der Waals surface area contributed by atoms with Crippen LogP contribution in [0.15, 0.2) is 36.5 Å².